The topological polar surface area (TPSA) is 84.9 Å². The molecule has 0 radical (unpaired) electrons. The van der Waals surface area contributed by atoms with Crippen LogP contribution in [0.4, 0.5) is 32.0 Å². The minimum atomic E-state index is -4.70. The van der Waals surface area contributed by atoms with E-state index >= 15 is 0 Å². The summed E-state index contributed by atoms with van der Waals surface area (Å²) < 4.78 is 90.5. The van der Waals surface area contributed by atoms with Crippen molar-refractivity contribution in [2.45, 2.75) is 23.9 Å². The van der Waals surface area contributed by atoms with E-state index in [9.17, 15) is 40.7 Å². The Morgan fingerprint density at radius 3 is 1.64 bits per heavy atom. The summed E-state index contributed by atoms with van der Waals surface area (Å²) >= 11 is 0. The SMILES string of the molecule is COC(=O)[C@@H]1NC(c2ccc(C(F)(F)F)cc2)(c2ccc(C(F)(F)F)cc2)[C@H]2C(=O)N(c3ccc(OC)cc3)C(=O)[C@@H]12. The first-order valence-corrected chi connectivity index (χ1v) is 12.5. The molecule has 2 amide bonds. The Labute approximate surface area is 235 Å². The Morgan fingerprint density at radius 2 is 1.24 bits per heavy atom. The number of fused-ring (bicyclic) bond motifs is 1. The monoisotopic (exact) mass is 592 g/mol. The quantitative estimate of drug-likeness (QED) is 0.257. The number of amides is 2. The zero-order valence-corrected chi connectivity index (χ0v) is 21.9. The second kappa shape index (κ2) is 10.2. The second-order valence-corrected chi connectivity index (χ2v) is 9.82. The highest BCUT2D eigenvalue weighted by molar-refractivity contribution is 6.24. The largest absolute Gasteiger partial charge is 0.497 e. The van der Waals surface area contributed by atoms with Gasteiger partial charge in [0.1, 0.15) is 11.8 Å². The number of rotatable bonds is 5. The molecule has 2 aliphatic rings. The van der Waals surface area contributed by atoms with Crippen LogP contribution in [0.3, 0.4) is 0 Å². The van der Waals surface area contributed by atoms with Crippen LogP contribution in [0, 0.1) is 11.8 Å². The first-order chi connectivity index (χ1) is 19.7. The highest BCUT2D eigenvalue weighted by Crippen LogP contribution is 2.53. The number of imide groups is 1. The van der Waals surface area contributed by atoms with Crippen molar-refractivity contribution in [2.75, 3.05) is 19.1 Å². The summed E-state index contributed by atoms with van der Waals surface area (Å²) in [6.45, 7) is 0. The number of hydrogen-bond acceptors (Lipinski definition) is 6. The molecule has 2 fully saturated rings. The Kier molecular flexibility index (Phi) is 7.04. The zero-order chi connectivity index (χ0) is 30.6. The van der Waals surface area contributed by atoms with E-state index in [1.165, 1.54) is 31.4 Å². The summed E-state index contributed by atoms with van der Waals surface area (Å²) in [5.74, 6) is -4.98. The molecule has 1 N–H and O–H groups in total. The summed E-state index contributed by atoms with van der Waals surface area (Å²) in [6, 6.07) is 11.7. The Hall–Kier alpha value is -4.39. The van der Waals surface area contributed by atoms with Gasteiger partial charge in [0, 0.05) is 0 Å². The maximum Gasteiger partial charge on any atom is 0.416 e. The zero-order valence-electron chi connectivity index (χ0n) is 21.9. The molecular weight excluding hydrogens is 570 g/mol. The molecule has 0 aliphatic carbocycles. The maximum atomic E-state index is 14.1. The smallest absolute Gasteiger partial charge is 0.416 e. The highest BCUT2D eigenvalue weighted by atomic mass is 19.4. The molecule has 7 nitrogen and oxygen atoms in total. The molecular formula is C29H22F6N2O5. The van der Waals surface area contributed by atoms with Gasteiger partial charge in [-0.15, -0.1) is 0 Å². The lowest BCUT2D eigenvalue weighted by molar-refractivity contribution is -0.145. The summed E-state index contributed by atoms with van der Waals surface area (Å²) in [5.41, 5.74) is -3.74. The highest BCUT2D eigenvalue weighted by Gasteiger charge is 2.68. The predicted octanol–water partition coefficient (Wildman–Crippen LogP) is 4.93. The Morgan fingerprint density at radius 1 is 0.762 bits per heavy atom. The van der Waals surface area contributed by atoms with E-state index in [1.54, 1.807) is 0 Å². The molecule has 2 heterocycles. The summed E-state index contributed by atoms with van der Waals surface area (Å²) in [7, 11) is 2.47. The number of hydrogen-bond donors (Lipinski definition) is 1. The minimum Gasteiger partial charge on any atom is -0.497 e. The average Bonchev–Trinajstić information content (AvgIpc) is 3.46. The van der Waals surface area contributed by atoms with Crippen LogP contribution in [0.5, 0.6) is 5.75 Å². The molecule has 0 bridgehead atoms. The van der Waals surface area contributed by atoms with Crippen LogP contribution in [0.2, 0.25) is 0 Å². The molecule has 3 atom stereocenters. The third-order valence-corrected chi connectivity index (χ3v) is 7.68. The van der Waals surface area contributed by atoms with Gasteiger partial charge in [-0.05, 0) is 59.7 Å². The van der Waals surface area contributed by atoms with Gasteiger partial charge in [-0.2, -0.15) is 26.3 Å². The van der Waals surface area contributed by atoms with Crippen LogP contribution >= 0.6 is 0 Å². The molecule has 13 heteroatoms. The van der Waals surface area contributed by atoms with Gasteiger partial charge in [-0.1, -0.05) is 24.3 Å². The number of esters is 1. The number of alkyl halides is 6. The summed E-state index contributed by atoms with van der Waals surface area (Å²) in [4.78, 5) is 41.8. The third-order valence-electron chi connectivity index (χ3n) is 7.68. The van der Waals surface area contributed by atoms with Gasteiger partial charge < -0.3 is 9.47 Å². The molecule has 3 aromatic carbocycles. The van der Waals surface area contributed by atoms with E-state index < -0.39 is 64.7 Å². The Balaban J connectivity index is 1.74. The van der Waals surface area contributed by atoms with E-state index in [4.69, 9.17) is 9.47 Å². The predicted molar refractivity (Wildman–Crippen MR) is 135 cm³/mol. The number of anilines is 1. The van der Waals surface area contributed by atoms with Crippen LogP contribution in [0.1, 0.15) is 22.3 Å². The van der Waals surface area contributed by atoms with Crippen LogP contribution in [0.15, 0.2) is 72.8 Å². The number of ether oxygens (including phenoxy) is 2. The van der Waals surface area contributed by atoms with Gasteiger partial charge in [-0.3, -0.25) is 19.7 Å². The van der Waals surface area contributed by atoms with Crippen molar-refractivity contribution < 1.29 is 50.2 Å². The molecule has 0 aromatic heterocycles. The van der Waals surface area contributed by atoms with Crippen molar-refractivity contribution >= 4 is 23.5 Å². The molecule has 0 spiro atoms. The lowest BCUT2D eigenvalue weighted by Crippen LogP contribution is -2.52. The van der Waals surface area contributed by atoms with Crippen molar-refractivity contribution in [3.8, 4) is 5.75 Å². The van der Waals surface area contributed by atoms with Gasteiger partial charge in [0.05, 0.1) is 48.4 Å². The number of nitrogens with zero attached hydrogens (tertiary/aromatic N) is 1. The second-order valence-electron chi connectivity index (χ2n) is 9.82. The molecule has 3 aromatic rings. The number of halogens is 6. The molecule has 5 rings (SSSR count). The number of carbonyl (C=O) groups is 3. The number of benzene rings is 3. The van der Waals surface area contributed by atoms with E-state index in [0.717, 1.165) is 60.5 Å². The lowest BCUT2D eigenvalue weighted by atomic mass is 9.71. The van der Waals surface area contributed by atoms with Gasteiger partial charge in [0.25, 0.3) is 0 Å². The number of carbonyl (C=O) groups excluding carboxylic acids is 3. The van der Waals surface area contributed by atoms with Gasteiger partial charge in [-0.25, -0.2) is 4.90 Å². The van der Waals surface area contributed by atoms with Gasteiger partial charge in [0.15, 0.2) is 0 Å². The maximum absolute atomic E-state index is 14.1. The fourth-order valence-electron chi connectivity index (χ4n) is 5.76. The molecule has 0 saturated carbocycles. The number of methoxy groups -OCH3 is 2. The minimum absolute atomic E-state index is 0.0226. The van der Waals surface area contributed by atoms with E-state index in [-0.39, 0.29) is 16.8 Å². The van der Waals surface area contributed by atoms with Crippen molar-refractivity contribution in [3.63, 3.8) is 0 Å². The van der Waals surface area contributed by atoms with E-state index in [2.05, 4.69) is 5.32 Å². The molecule has 42 heavy (non-hydrogen) atoms. The van der Waals surface area contributed by atoms with Crippen LogP contribution in [-0.4, -0.2) is 38.0 Å². The molecule has 0 unspecified atom stereocenters. The van der Waals surface area contributed by atoms with Crippen molar-refractivity contribution in [3.05, 3.63) is 95.1 Å². The Bertz CT molecular complexity index is 1460. The third kappa shape index (κ3) is 4.57. The van der Waals surface area contributed by atoms with Crippen molar-refractivity contribution in [1.29, 1.82) is 0 Å². The fourth-order valence-corrected chi connectivity index (χ4v) is 5.76. The van der Waals surface area contributed by atoms with Gasteiger partial charge >= 0.3 is 18.3 Å². The van der Waals surface area contributed by atoms with E-state index in [0.29, 0.717) is 5.75 Å². The standard InChI is InChI=1S/C29H22F6N2O5/c1-41-20-13-11-19(12-14-20)37-24(38)21-22(25(37)39)27(36-23(21)26(40)42-2,15-3-7-17(8-4-15)28(30,31)32)16-5-9-18(10-6-16)29(33,34)35/h3-14,21-23,36H,1-2H3/t21-,22-,23-/m1/s1. The van der Waals surface area contributed by atoms with Gasteiger partial charge in [0.2, 0.25) is 11.8 Å². The van der Waals surface area contributed by atoms with Crippen molar-refractivity contribution in [1.82, 2.24) is 5.32 Å². The van der Waals surface area contributed by atoms with E-state index in [1.807, 2.05) is 0 Å². The van der Waals surface area contributed by atoms with Crippen LogP contribution < -0.4 is 15.0 Å². The normalized spacial score (nSPS) is 21.8. The molecule has 2 aliphatic heterocycles. The first kappa shape index (κ1) is 29.1. The summed E-state index contributed by atoms with van der Waals surface area (Å²) in [6.07, 6.45) is -9.41. The van der Waals surface area contributed by atoms with Crippen LogP contribution in [-0.2, 0) is 37.0 Å². The molecule has 220 valence electrons. The van der Waals surface area contributed by atoms with Crippen molar-refractivity contribution in [2.24, 2.45) is 11.8 Å². The fraction of sp³-hybridized carbons (Fsp3) is 0.276. The van der Waals surface area contributed by atoms with Crippen LogP contribution in [0.25, 0.3) is 0 Å². The number of nitrogens with one attached hydrogen (secondary N) is 1. The lowest BCUT2D eigenvalue weighted by Gasteiger charge is -2.36. The first-order valence-electron chi connectivity index (χ1n) is 12.5. The summed E-state index contributed by atoms with van der Waals surface area (Å²) in [5, 5.41) is 2.93. The molecule has 2 saturated heterocycles. The average molecular weight is 592 g/mol.